The minimum absolute atomic E-state index is 0.0562. The molecule has 134 valence electrons. The highest BCUT2D eigenvalue weighted by Gasteiger charge is 2.31. The highest BCUT2D eigenvalue weighted by molar-refractivity contribution is 5.68. The van der Waals surface area contributed by atoms with Crippen LogP contribution in [0, 0.1) is 0 Å². The average molecular weight is 345 g/mol. The molecule has 1 aromatic rings. The van der Waals surface area contributed by atoms with Crippen LogP contribution in [0.25, 0.3) is 0 Å². The third-order valence-corrected chi connectivity index (χ3v) is 3.59. The van der Waals surface area contributed by atoms with Gasteiger partial charge in [0.1, 0.15) is 17.5 Å². The van der Waals surface area contributed by atoms with E-state index in [4.69, 9.17) is 9.47 Å². The van der Waals surface area contributed by atoms with Crippen LogP contribution in [-0.4, -0.2) is 23.8 Å². The number of alkyl halides is 3. The largest absolute Gasteiger partial charge is 0.490 e. The molecule has 24 heavy (non-hydrogen) atoms. The number of benzene rings is 1. The average Bonchev–Trinajstić information content (AvgIpc) is 2.83. The van der Waals surface area contributed by atoms with E-state index in [1.54, 1.807) is 20.8 Å². The van der Waals surface area contributed by atoms with Crippen molar-refractivity contribution in [1.82, 2.24) is 5.32 Å². The Labute approximate surface area is 139 Å². The topological polar surface area (TPSA) is 47.6 Å². The van der Waals surface area contributed by atoms with E-state index in [0.29, 0.717) is 12.2 Å². The van der Waals surface area contributed by atoms with E-state index in [1.807, 2.05) is 0 Å². The first kappa shape index (κ1) is 18.4. The second-order valence-corrected chi connectivity index (χ2v) is 6.92. The number of carbonyl (C=O) groups excluding carboxylic acids is 1. The number of hydrogen-bond acceptors (Lipinski definition) is 3. The van der Waals surface area contributed by atoms with Crippen molar-refractivity contribution in [3.8, 4) is 5.75 Å². The minimum atomic E-state index is -4.35. The van der Waals surface area contributed by atoms with Gasteiger partial charge in [-0.15, -0.1) is 0 Å². The van der Waals surface area contributed by atoms with Crippen molar-refractivity contribution in [3.63, 3.8) is 0 Å². The Morgan fingerprint density at radius 3 is 2.29 bits per heavy atom. The number of ether oxygens (including phenoxy) is 2. The summed E-state index contributed by atoms with van der Waals surface area (Å²) in [6.07, 6.45) is -2.90. The van der Waals surface area contributed by atoms with E-state index < -0.39 is 23.4 Å². The van der Waals surface area contributed by atoms with Gasteiger partial charge in [-0.1, -0.05) is 0 Å². The maximum atomic E-state index is 12.5. The fourth-order valence-corrected chi connectivity index (χ4v) is 2.57. The summed E-state index contributed by atoms with van der Waals surface area (Å²) in [4.78, 5) is 11.7. The molecular formula is C17H22F3NO3. The molecule has 1 saturated carbocycles. The van der Waals surface area contributed by atoms with Crippen molar-refractivity contribution in [3.05, 3.63) is 29.8 Å². The highest BCUT2D eigenvalue weighted by atomic mass is 19.4. The highest BCUT2D eigenvalue weighted by Crippen LogP contribution is 2.31. The lowest BCUT2D eigenvalue weighted by atomic mass is 10.2. The van der Waals surface area contributed by atoms with Crippen molar-refractivity contribution in [2.75, 3.05) is 0 Å². The second kappa shape index (κ2) is 6.91. The summed E-state index contributed by atoms with van der Waals surface area (Å²) in [5, 5.41) is 2.79. The third kappa shape index (κ3) is 5.62. The van der Waals surface area contributed by atoms with Crippen LogP contribution in [0.4, 0.5) is 18.0 Å². The van der Waals surface area contributed by atoms with Gasteiger partial charge in [-0.25, -0.2) is 4.79 Å². The summed E-state index contributed by atoms with van der Waals surface area (Å²) in [6, 6.07) is 4.58. The number of rotatable bonds is 3. The lowest BCUT2D eigenvalue weighted by Crippen LogP contribution is -2.38. The lowest BCUT2D eigenvalue weighted by Gasteiger charge is -2.21. The number of halogens is 3. The first-order chi connectivity index (χ1) is 11.0. The molecule has 1 aliphatic carbocycles. The molecule has 1 N–H and O–H groups in total. The Balaban J connectivity index is 1.82. The monoisotopic (exact) mass is 345 g/mol. The van der Waals surface area contributed by atoms with Crippen LogP contribution in [0.3, 0.4) is 0 Å². The van der Waals surface area contributed by atoms with E-state index in [2.05, 4.69) is 5.32 Å². The van der Waals surface area contributed by atoms with Crippen molar-refractivity contribution in [1.29, 1.82) is 0 Å². The molecule has 7 heteroatoms. The molecule has 1 aromatic carbocycles. The summed E-state index contributed by atoms with van der Waals surface area (Å²) in [5.74, 6) is 0.394. The summed E-state index contributed by atoms with van der Waals surface area (Å²) in [7, 11) is 0. The Morgan fingerprint density at radius 2 is 1.75 bits per heavy atom. The standard InChI is InChI=1S/C17H22F3NO3/c1-16(2,3)24-15(22)21-12-6-9-14(10-12)23-13-7-4-11(5-8-13)17(18,19)20/h4-5,7-8,12,14H,6,9-10H2,1-3H3,(H,21,22)/t12-,14-/m0/s1. The molecule has 1 amide bonds. The lowest BCUT2D eigenvalue weighted by molar-refractivity contribution is -0.137. The molecule has 0 radical (unpaired) electrons. The van der Waals surface area contributed by atoms with Gasteiger partial charge in [0.15, 0.2) is 0 Å². The number of amides is 1. The number of nitrogens with one attached hydrogen (secondary N) is 1. The zero-order valence-electron chi connectivity index (χ0n) is 13.9. The van der Waals surface area contributed by atoms with E-state index in [0.717, 1.165) is 25.0 Å². The van der Waals surface area contributed by atoms with E-state index >= 15 is 0 Å². The molecule has 0 heterocycles. The summed E-state index contributed by atoms with van der Waals surface area (Å²) < 4.78 is 48.5. The fourth-order valence-electron chi connectivity index (χ4n) is 2.57. The maximum absolute atomic E-state index is 12.5. The number of carbonyl (C=O) groups is 1. The smallest absolute Gasteiger partial charge is 0.416 e. The molecule has 1 fully saturated rings. The Morgan fingerprint density at radius 1 is 1.12 bits per heavy atom. The first-order valence-electron chi connectivity index (χ1n) is 7.86. The van der Waals surface area contributed by atoms with Crippen LogP contribution >= 0.6 is 0 Å². The predicted octanol–water partition coefficient (Wildman–Crippen LogP) is 4.53. The van der Waals surface area contributed by atoms with Gasteiger partial charge in [0.2, 0.25) is 0 Å². The van der Waals surface area contributed by atoms with E-state index in [1.165, 1.54) is 12.1 Å². The minimum Gasteiger partial charge on any atom is -0.490 e. The zero-order valence-corrected chi connectivity index (χ0v) is 13.9. The Bertz CT molecular complexity index is 564. The molecular weight excluding hydrogens is 323 g/mol. The fraction of sp³-hybridized carbons (Fsp3) is 0.588. The molecule has 1 aliphatic rings. The number of alkyl carbamates (subject to hydrolysis) is 1. The van der Waals surface area contributed by atoms with Gasteiger partial charge >= 0.3 is 12.3 Å². The number of hydrogen-bond donors (Lipinski definition) is 1. The van der Waals surface area contributed by atoms with Crippen LogP contribution < -0.4 is 10.1 Å². The van der Waals surface area contributed by atoms with Crippen molar-refractivity contribution in [2.24, 2.45) is 0 Å². The van der Waals surface area contributed by atoms with Crippen LogP contribution in [-0.2, 0) is 10.9 Å². The van der Waals surface area contributed by atoms with Gasteiger partial charge in [0, 0.05) is 12.5 Å². The molecule has 0 bridgehead atoms. The normalized spacial score (nSPS) is 21.4. The van der Waals surface area contributed by atoms with Crippen LogP contribution in [0.1, 0.15) is 45.6 Å². The zero-order chi connectivity index (χ0) is 18.0. The van der Waals surface area contributed by atoms with Crippen molar-refractivity contribution < 1.29 is 27.4 Å². The second-order valence-electron chi connectivity index (χ2n) is 6.92. The SMILES string of the molecule is CC(C)(C)OC(=O)N[C@H]1CC[C@H](Oc2ccc(C(F)(F)F)cc2)C1. The molecule has 0 aliphatic heterocycles. The quantitative estimate of drug-likeness (QED) is 0.875. The molecule has 4 nitrogen and oxygen atoms in total. The molecule has 0 aromatic heterocycles. The molecule has 0 spiro atoms. The van der Waals surface area contributed by atoms with Crippen LogP contribution in [0.15, 0.2) is 24.3 Å². The predicted molar refractivity (Wildman–Crippen MR) is 82.9 cm³/mol. The summed E-state index contributed by atoms with van der Waals surface area (Å²) in [5.41, 5.74) is -1.26. The molecule has 0 saturated heterocycles. The Kier molecular flexibility index (Phi) is 5.30. The van der Waals surface area contributed by atoms with Crippen LogP contribution in [0.2, 0.25) is 0 Å². The Hall–Kier alpha value is -1.92. The van der Waals surface area contributed by atoms with Gasteiger partial charge in [-0.3, -0.25) is 0 Å². The third-order valence-electron chi connectivity index (χ3n) is 3.59. The maximum Gasteiger partial charge on any atom is 0.416 e. The molecule has 2 rings (SSSR count). The summed E-state index contributed by atoms with van der Waals surface area (Å²) >= 11 is 0. The van der Waals surface area contributed by atoms with Gasteiger partial charge in [0.25, 0.3) is 0 Å². The van der Waals surface area contributed by atoms with Gasteiger partial charge in [-0.05, 0) is 57.9 Å². The van der Waals surface area contributed by atoms with Gasteiger partial charge < -0.3 is 14.8 Å². The van der Waals surface area contributed by atoms with Crippen molar-refractivity contribution >= 4 is 6.09 Å². The van der Waals surface area contributed by atoms with E-state index in [-0.39, 0.29) is 12.1 Å². The van der Waals surface area contributed by atoms with E-state index in [9.17, 15) is 18.0 Å². The first-order valence-corrected chi connectivity index (χ1v) is 7.86. The van der Waals surface area contributed by atoms with Crippen molar-refractivity contribution in [2.45, 2.75) is 64.0 Å². The molecule has 0 unspecified atom stereocenters. The van der Waals surface area contributed by atoms with Crippen LogP contribution in [0.5, 0.6) is 5.75 Å². The molecule has 2 atom stereocenters. The summed E-state index contributed by atoms with van der Waals surface area (Å²) in [6.45, 7) is 5.37. The van der Waals surface area contributed by atoms with Gasteiger partial charge in [-0.2, -0.15) is 13.2 Å². The van der Waals surface area contributed by atoms with Gasteiger partial charge in [0.05, 0.1) is 5.56 Å².